The molecular formula is C18H15ClN4OS. The number of hydrogen-bond donors (Lipinski definition) is 1. The molecular weight excluding hydrogens is 356 g/mol. The maximum atomic E-state index is 13.0. The van der Waals surface area contributed by atoms with E-state index in [-0.39, 0.29) is 17.2 Å². The topological polar surface area (TPSA) is 71.6 Å². The maximum Gasteiger partial charge on any atom is 0.248 e. The van der Waals surface area contributed by atoms with Crippen LogP contribution in [0.5, 0.6) is 0 Å². The van der Waals surface area contributed by atoms with Gasteiger partial charge in [0.15, 0.2) is 0 Å². The van der Waals surface area contributed by atoms with Gasteiger partial charge < -0.3 is 5.73 Å². The lowest BCUT2D eigenvalue weighted by Gasteiger charge is -2.28. The van der Waals surface area contributed by atoms with Gasteiger partial charge in [-0.05, 0) is 36.2 Å². The van der Waals surface area contributed by atoms with Crippen LogP contribution in [-0.4, -0.2) is 22.5 Å². The number of rotatable bonds is 3. The third kappa shape index (κ3) is 2.62. The highest BCUT2D eigenvalue weighted by Crippen LogP contribution is 2.50. The van der Waals surface area contributed by atoms with Crippen molar-refractivity contribution in [2.75, 3.05) is 10.6 Å². The molecule has 0 fully saturated rings. The molecule has 0 radical (unpaired) electrons. The second-order valence-electron chi connectivity index (χ2n) is 5.84. The van der Waals surface area contributed by atoms with E-state index >= 15 is 0 Å². The molecule has 3 heterocycles. The van der Waals surface area contributed by atoms with Gasteiger partial charge in [0.25, 0.3) is 0 Å². The number of amides is 1. The zero-order valence-corrected chi connectivity index (χ0v) is 14.8. The number of fused-ring (bicyclic) bond motifs is 3. The summed E-state index contributed by atoms with van der Waals surface area (Å²) in [4.78, 5) is 23.6. The van der Waals surface area contributed by atoms with E-state index in [2.05, 4.69) is 16.6 Å². The third-order valence-corrected chi connectivity index (χ3v) is 5.83. The first-order valence-corrected chi connectivity index (χ1v) is 9.02. The van der Waals surface area contributed by atoms with Crippen molar-refractivity contribution in [3.8, 4) is 0 Å². The second kappa shape index (κ2) is 6.20. The van der Waals surface area contributed by atoms with Crippen molar-refractivity contribution in [1.29, 1.82) is 0 Å². The molecule has 2 atom stereocenters. The summed E-state index contributed by atoms with van der Waals surface area (Å²) >= 11 is 7.35. The average Bonchev–Trinajstić information content (AvgIpc) is 2.99. The van der Waals surface area contributed by atoms with Crippen molar-refractivity contribution in [1.82, 2.24) is 4.98 Å². The molecule has 0 bridgehead atoms. The number of halogens is 1. The van der Waals surface area contributed by atoms with E-state index in [4.69, 9.17) is 17.3 Å². The molecule has 1 aromatic carbocycles. The number of nitrogens with two attached hydrogens (primary N) is 1. The van der Waals surface area contributed by atoms with Crippen LogP contribution in [0.15, 0.2) is 53.1 Å². The minimum absolute atomic E-state index is 0.0324. The van der Waals surface area contributed by atoms with Gasteiger partial charge in [0, 0.05) is 28.2 Å². The van der Waals surface area contributed by atoms with Crippen LogP contribution in [0.1, 0.15) is 17.2 Å². The Hall–Kier alpha value is -2.31. The van der Waals surface area contributed by atoms with Gasteiger partial charge in [-0.15, -0.1) is 6.58 Å². The predicted molar refractivity (Wildman–Crippen MR) is 102 cm³/mol. The molecule has 2 aromatic rings. The van der Waals surface area contributed by atoms with Crippen molar-refractivity contribution in [3.05, 3.63) is 59.3 Å². The number of allylic oxidation sites excluding steroid dienone is 1. The van der Waals surface area contributed by atoms with Crippen LogP contribution in [0.3, 0.4) is 0 Å². The van der Waals surface area contributed by atoms with Crippen LogP contribution in [0.2, 0.25) is 5.02 Å². The summed E-state index contributed by atoms with van der Waals surface area (Å²) < 4.78 is 0. The average molecular weight is 371 g/mol. The molecule has 0 spiro atoms. The Morgan fingerprint density at radius 3 is 2.84 bits per heavy atom. The highest BCUT2D eigenvalue weighted by Gasteiger charge is 2.45. The number of aliphatic imine (C=N–C) groups is 1. The van der Waals surface area contributed by atoms with Gasteiger partial charge in [-0.1, -0.05) is 29.4 Å². The molecule has 1 amide bonds. The van der Waals surface area contributed by atoms with Gasteiger partial charge in [0.2, 0.25) is 5.91 Å². The fourth-order valence-electron chi connectivity index (χ4n) is 3.06. The maximum absolute atomic E-state index is 13.0. The van der Waals surface area contributed by atoms with Crippen molar-refractivity contribution < 1.29 is 4.79 Å². The van der Waals surface area contributed by atoms with Crippen LogP contribution >= 0.6 is 23.4 Å². The van der Waals surface area contributed by atoms with Crippen LogP contribution in [0, 0.1) is 0 Å². The van der Waals surface area contributed by atoms with Gasteiger partial charge in [-0.25, -0.2) is 4.98 Å². The smallest absolute Gasteiger partial charge is 0.248 e. The van der Waals surface area contributed by atoms with E-state index in [1.807, 2.05) is 0 Å². The number of nitrogen functional groups attached to an aromatic ring is 1. The number of aromatic nitrogens is 1. The monoisotopic (exact) mass is 370 g/mol. The molecule has 2 aliphatic heterocycles. The summed E-state index contributed by atoms with van der Waals surface area (Å²) in [6.07, 6.45) is 5.76. The number of carbonyl (C=O) groups excluding carboxylic acids is 1. The first kappa shape index (κ1) is 16.2. The standard InChI is InChI=1S/C18H15ClN4OS/c1-2-3-10-8-21-17-13(14(10)20)15-16(25-17)18(24)23(9-22-15)12-6-4-11(19)5-7-12/h2,4-9,15-16H,1,3H2,(H2,20,21). The number of benzene rings is 1. The van der Waals surface area contributed by atoms with Gasteiger partial charge in [0.05, 0.1) is 6.34 Å². The Kier molecular flexibility index (Phi) is 4.01. The number of carbonyl (C=O) groups is 1. The van der Waals surface area contributed by atoms with E-state index in [0.29, 0.717) is 17.1 Å². The van der Waals surface area contributed by atoms with Crippen molar-refractivity contribution in [2.45, 2.75) is 22.7 Å². The lowest BCUT2D eigenvalue weighted by Crippen LogP contribution is -2.42. The van der Waals surface area contributed by atoms with Crippen molar-refractivity contribution in [2.24, 2.45) is 4.99 Å². The quantitative estimate of drug-likeness (QED) is 0.837. The normalized spacial score (nSPS) is 21.2. The Bertz CT molecular complexity index is 897. The van der Waals surface area contributed by atoms with Crippen LogP contribution < -0.4 is 10.6 Å². The van der Waals surface area contributed by atoms with Crippen molar-refractivity contribution >= 4 is 47.0 Å². The van der Waals surface area contributed by atoms with Crippen LogP contribution in [0.4, 0.5) is 11.4 Å². The lowest BCUT2D eigenvalue weighted by atomic mass is 9.99. The molecule has 7 heteroatoms. The molecule has 2 unspecified atom stereocenters. The molecule has 1 aromatic heterocycles. The number of hydrogen-bond acceptors (Lipinski definition) is 5. The van der Waals surface area contributed by atoms with Gasteiger partial charge >= 0.3 is 0 Å². The van der Waals surface area contributed by atoms with Crippen molar-refractivity contribution in [3.63, 3.8) is 0 Å². The summed E-state index contributed by atoms with van der Waals surface area (Å²) in [6, 6.07) is 6.81. The lowest BCUT2D eigenvalue weighted by molar-refractivity contribution is -0.117. The number of nitrogens with zero attached hydrogens (tertiary/aromatic N) is 3. The Morgan fingerprint density at radius 2 is 2.12 bits per heavy atom. The first-order valence-electron chi connectivity index (χ1n) is 7.77. The molecule has 2 N–H and O–H groups in total. The number of pyridine rings is 1. The van der Waals surface area contributed by atoms with E-state index < -0.39 is 0 Å². The summed E-state index contributed by atoms with van der Waals surface area (Å²) in [7, 11) is 0. The second-order valence-corrected chi connectivity index (χ2v) is 7.41. The largest absolute Gasteiger partial charge is 0.398 e. The summed E-state index contributed by atoms with van der Waals surface area (Å²) in [5.74, 6) is -0.0324. The molecule has 0 saturated heterocycles. The minimum Gasteiger partial charge on any atom is -0.398 e. The molecule has 126 valence electrons. The van der Waals surface area contributed by atoms with Crippen LogP contribution in [-0.2, 0) is 11.2 Å². The Morgan fingerprint density at radius 1 is 1.36 bits per heavy atom. The molecule has 0 saturated carbocycles. The fourth-order valence-corrected chi connectivity index (χ4v) is 4.45. The summed E-state index contributed by atoms with van der Waals surface area (Å²) in [5.41, 5.74) is 9.49. The van der Waals surface area contributed by atoms with E-state index in [1.165, 1.54) is 11.8 Å². The van der Waals surface area contributed by atoms with Crippen LogP contribution in [0.25, 0.3) is 0 Å². The minimum atomic E-state index is -0.357. The number of anilines is 2. The van der Waals surface area contributed by atoms with Gasteiger partial charge in [-0.3, -0.25) is 14.7 Å². The Balaban J connectivity index is 1.71. The molecule has 5 nitrogen and oxygen atoms in total. The van der Waals surface area contributed by atoms with Gasteiger partial charge in [-0.2, -0.15) is 0 Å². The zero-order valence-electron chi connectivity index (χ0n) is 13.2. The predicted octanol–water partition coefficient (Wildman–Crippen LogP) is 3.64. The van der Waals surface area contributed by atoms with Gasteiger partial charge in [0.1, 0.15) is 16.3 Å². The van der Waals surface area contributed by atoms with E-state index in [9.17, 15) is 4.79 Å². The zero-order chi connectivity index (χ0) is 17.6. The fraction of sp³-hybridized carbons (Fsp3) is 0.167. The molecule has 0 aliphatic carbocycles. The molecule has 4 rings (SSSR count). The Labute approximate surface area is 154 Å². The number of thioether (sulfide) groups is 1. The molecule has 25 heavy (non-hydrogen) atoms. The third-order valence-electron chi connectivity index (χ3n) is 4.32. The summed E-state index contributed by atoms with van der Waals surface area (Å²) in [5, 5.41) is 1.05. The molecule has 2 aliphatic rings. The van der Waals surface area contributed by atoms with E-state index in [1.54, 1.807) is 47.8 Å². The first-order chi connectivity index (χ1) is 12.1. The highest BCUT2D eigenvalue weighted by molar-refractivity contribution is 8.01. The SMILES string of the molecule is C=CCc1cnc2c(c1N)C1N=CN(c3ccc(Cl)cc3)C(=O)C1S2. The highest BCUT2D eigenvalue weighted by atomic mass is 35.5. The summed E-state index contributed by atoms with van der Waals surface area (Å²) in [6.45, 7) is 3.75. The van der Waals surface area contributed by atoms with E-state index in [0.717, 1.165) is 21.8 Å².